The number of ether oxygens (including phenoxy) is 1. The van der Waals surface area contributed by atoms with Gasteiger partial charge in [-0.25, -0.2) is 0 Å². The normalized spacial score (nSPS) is 14.4. The fourth-order valence-electron chi connectivity index (χ4n) is 2.77. The zero-order chi connectivity index (χ0) is 16.5. The van der Waals surface area contributed by atoms with Gasteiger partial charge in [0.15, 0.2) is 0 Å². The molecule has 2 rings (SSSR count). The molecular weight excluding hydrogens is 361 g/mol. The van der Waals surface area contributed by atoms with Crippen LogP contribution < -0.4 is 15.4 Å². The van der Waals surface area contributed by atoms with Crippen LogP contribution in [-0.2, 0) is 0 Å². The third kappa shape index (κ3) is 8.27. The highest BCUT2D eigenvalue weighted by molar-refractivity contribution is 5.94. The van der Waals surface area contributed by atoms with Crippen molar-refractivity contribution in [2.75, 3.05) is 39.3 Å². The maximum atomic E-state index is 12.2. The van der Waals surface area contributed by atoms with E-state index in [2.05, 4.69) is 29.4 Å². The van der Waals surface area contributed by atoms with Crippen LogP contribution in [0.4, 0.5) is 0 Å². The van der Waals surface area contributed by atoms with E-state index >= 15 is 0 Å². The van der Waals surface area contributed by atoms with E-state index in [-0.39, 0.29) is 36.8 Å². The Hall–Kier alpha value is -1.01. The number of amides is 1. The van der Waals surface area contributed by atoms with Crippen LogP contribution in [0.1, 0.15) is 37.0 Å². The van der Waals surface area contributed by atoms with Crippen LogP contribution in [0.2, 0.25) is 0 Å². The highest BCUT2D eigenvalue weighted by atomic mass is 35.5. The first-order valence-corrected chi connectivity index (χ1v) is 8.69. The molecule has 1 fully saturated rings. The second kappa shape index (κ2) is 13.2. The summed E-state index contributed by atoms with van der Waals surface area (Å²) in [5.74, 6) is 0.821. The van der Waals surface area contributed by atoms with E-state index in [0.29, 0.717) is 12.2 Å². The Morgan fingerprint density at radius 1 is 1.16 bits per heavy atom. The number of benzene rings is 1. The van der Waals surface area contributed by atoms with Gasteiger partial charge < -0.3 is 20.3 Å². The highest BCUT2D eigenvalue weighted by Crippen LogP contribution is 2.13. The zero-order valence-electron chi connectivity index (χ0n) is 15.1. The standard InChI is InChI=1S/C18H29N3O2.2ClH/c1-3-21(4-2)13-14-23-17-7-5-15(6-8-17)18(22)20-16-9-11-19-12-10-16;;/h5-8,16,19H,3-4,9-14H2,1-2H3,(H,20,22);2*1H. The average molecular weight is 392 g/mol. The van der Waals surface area contributed by atoms with Crippen molar-refractivity contribution in [3.05, 3.63) is 29.8 Å². The van der Waals surface area contributed by atoms with Crippen LogP contribution in [0.15, 0.2) is 24.3 Å². The van der Waals surface area contributed by atoms with Crippen molar-refractivity contribution < 1.29 is 9.53 Å². The van der Waals surface area contributed by atoms with E-state index in [0.717, 1.165) is 51.3 Å². The van der Waals surface area contributed by atoms with Crippen molar-refractivity contribution in [3.8, 4) is 5.75 Å². The number of rotatable bonds is 8. The van der Waals surface area contributed by atoms with Gasteiger partial charge in [0.25, 0.3) is 5.91 Å². The van der Waals surface area contributed by atoms with Gasteiger partial charge in [-0.1, -0.05) is 13.8 Å². The van der Waals surface area contributed by atoms with Gasteiger partial charge in [0.1, 0.15) is 12.4 Å². The minimum Gasteiger partial charge on any atom is -0.492 e. The molecule has 0 bridgehead atoms. The molecule has 2 N–H and O–H groups in total. The molecule has 1 aliphatic rings. The first-order chi connectivity index (χ1) is 11.2. The molecule has 1 aromatic carbocycles. The number of likely N-dealkylation sites (N-methyl/N-ethyl adjacent to an activating group) is 1. The third-order valence-electron chi connectivity index (χ3n) is 4.36. The van der Waals surface area contributed by atoms with Gasteiger partial charge in [-0.3, -0.25) is 4.79 Å². The van der Waals surface area contributed by atoms with Crippen LogP contribution in [-0.4, -0.2) is 56.2 Å². The van der Waals surface area contributed by atoms with Gasteiger partial charge in [-0.05, 0) is 63.3 Å². The number of piperidine rings is 1. The minimum absolute atomic E-state index is 0. The Kier molecular flexibility index (Phi) is 12.7. The Bertz CT molecular complexity index is 476. The summed E-state index contributed by atoms with van der Waals surface area (Å²) in [4.78, 5) is 14.5. The summed E-state index contributed by atoms with van der Waals surface area (Å²) in [5.41, 5.74) is 0.694. The van der Waals surface area contributed by atoms with Gasteiger partial charge in [-0.15, -0.1) is 24.8 Å². The van der Waals surface area contributed by atoms with Crippen LogP contribution in [0.3, 0.4) is 0 Å². The Balaban J connectivity index is 0.00000288. The lowest BCUT2D eigenvalue weighted by molar-refractivity contribution is 0.0929. The van der Waals surface area contributed by atoms with Crippen molar-refractivity contribution in [1.82, 2.24) is 15.5 Å². The quantitative estimate of drug-likeness (QED) is 0.715. The monoisotopic (exact) mass is 391 g/mol. The summed E-state index contributed by atoms with van der Waals surface area (Å²) in [6.07, 6.45) is 2.00. The molecule has 1 aliphatic heterocycles. The molecule has 1 amide bonds. The molecular formula is C18H31Cl2N3O2. The van der Waals surface area contributed by atoms with Gasteiger partial charge in [0.05, 0.1) is 0 Å². The van der Waals surface area contributed by atoms with E-state index in [4.69, 9.17) is 4.74 Å². The average Bonchev–Trinajstić information content (AvgIpc) is 2.60. The topological polar surface area (TPSA) is 53.6 Å². The fourth-order valence-corrected chi connectivity index (χ4v) is 2.77. The molecule has 0 radical (unpaired) electrons. The molecule has 144 valence electrons. The van der Waals surface area contributed by atoms with E-state index in [1.165, 1.54) is 0 Å². The maximum absolute atomic E-state index is 12.2. The molecule has 5 nitrogen and oxygen atoms in total. The zero-order valence-corrected chi connectivity index (χ0v) is 16.8. The molecule has 7 heteroatoms. The van der Waals surface area contributed by atoms with E-state index < -0.39 is 0 Å². The lowest BCUT2D eigenvalue weighted by Crippen LogP contribution is -2.42. The van der Waals surface area contributed by atoms with Gasteiger partial charge in [0.2, 0.25) is 0 Å². The second-order valence-corrected chi connectivity index (χ2v) is 5.90. The molecule has 0 aliphatic carbocycles. The van der Waals surface area contributed by atoms with Crippen molar-refractivity contribution in [2.24, 2.45) is 0 Å². The Morgan fingerprint density at radius 3 is 2.32 bits per heavy atom. The number of halogens is 2. The van der Waals surface area contributed by atoms with Crippen molar-refractivity contribution in [2.45, 2.75) is 32.7 Å². The maximum Gasteiger partial charge on any atom is 0.251 e. The van der Waals surface area contributed by atoms with Crippen LogP contribution in [0, 0.1) is 0 Å². The lowest BCUT2D eigenvalue weighted by Gasteiger charge is -2.23. The van der Waals surface area contributed by atoms with Gasteiger partial charge >= 0.3 is 0 Å². The van der Waals surface area contributed by atoms with E-state index in [1.54, 1.807) is 0 Å². The van der Waals surface area contributed by atoms with Crippen LogP contribution in [0.5, 0.6) is 5.75 Å². The van der Waals surface area contributed by atoms with Gasteiger partial charge in [-0.2, -0.15) is 0 Å². The first kappa shape index (κ1) is 24.0. The van der Waals surface area contributed by atoms with Crippen molar-refractivity contribution in [3.63, 3.8) is 0 Å². The van der Waals surface area contributed by atoms with Crippen molar-refractivity contribution >= 4 is 30.7 Å². The summed E-state index contributed by atoms with van der Waals surface area (Å²) >= 11 is 0. The number of nitrogens with zero attached hydrogens (tertiary/aromatic N) is 1. The molecule has 1 aromatic rings. The molecule has 0 saturated carbocycles. The molecule has 1 saturated heterocycles. The van der Waals surface area contributed by atoms with Crippen molar-refractivity contribution in [1.29, 1.82) is 0 Å². The summed E-state index contributed by atoms with van der Waals surface area (Å²) in [5, 5.41) is 6.40. The lowest BCUT2D eigenvalue weighted by atomic mass is 10.1. The van der Waals surface area contributed by atoms with E-state index in [1.807, 2.05) is 24.3 Å². The highest BCUT2D eigenvalue weighted by Gasteiger charge is 2.16. The first-order valence-electron chi connectivity index (χ1n) is 8.69. The molecule has 0 atom stereocenters. The fraction of sp³-hybridized carbons (Fsp3) is 0.611. The predicted molar refractivity (Wildman–Crippen MR) is 108 cm³/mol. The van der Waals surface area contributed by atoms with Gasteiger partial charge in [0, 0.05) is 18.2 Å². The number of hydrogen-bond donors (Lipinski definition) is 2. The Labute approximate surface area is 163 Å². The van der Waals surface area contributed by atoms with E-state index in [9.17, 15) is 4.79 Å². The number of hydrogen-bond acceptors (Lipinski definition) is 4. The third-order valence-corrected chi connectivity index (χ3v) is 4.36. The smallest absolute Gasteiger partial charge is 0.251 e. The second-order valence-electron chi connectivity index (χ2n) is 5.90. The molecule has 0 unspecified atom stereocenters. The SMILES string of the molecule is CCN(CC)CCOc1ccc(C(=O)NC2CCNCC2)cc1.Cl.Cl. The number of carbonyl (C=O) groups excluding carboxylic acids is 1. The van der Waals surface area contributed by atoms with Crippen LogP contribution in [0.25, 0.3) is 0 Å². The summed E-state index contributed by atoms with van der Waals surface area (Å²) in [6, 6.07) is 7.71. The summed E-state index contributed by atoms with van der Waals surface area (Å²) < 4.78 is 5.74. The summed E-state index contributed by atoms with van der Waals surface area (Å²) in [6.45, 7) is 9.92. The van der Waals surface area contributed by atoms with Crippen LogP contribution >= 0.6 is 24.8 Å². The number of carbonyl (C=O) groups is 1. The molecule has 1 heterocycles. The summed E-state index contributed by atoms with van der Waals surface area (Å²) in [7, 11) is 0. The molecule has 0 aromatic heterocycles. The minimum atomic E-state index is 0. The Morgan fingerprint density at radius 2 is 1.76 bits per heavy atom. The molecule has 25 heavy (non-hydrogen) atoms. The predicted octanol–water partition coefficient (Wildman–Crippen LogP) is 2.73. The largest absolute Gasteiger partial charge is 0.492 e. The number of nitrogens with one attached hydrogen (secondary N) is 2. The molecule has 0 spiro atoms.